The molecule has 0 aliphatic heterocycles. The van der Waals surface area contributed by atoms with E-state index in [1.54, 1.807) is 6.92 Å². The molecule has 0 spiro atoms. The third-order valence-corrected chi connectivity index (χ3v) is 5.24. The van der Waals surface area contributed by atoms with Gasteiger partial charge in [-0.25, -0.2) is 0 Å². The Balaban J connectivity index is 5.21. The van der Waals surface area contributed by atoms with Gasteiger partial charge in [0.1, 0.15) is 18.3 Å². The first-order chi connectivity index (χ1) is 11.9. The fraction of sp³-hybridized carbons (Fsp3) is 0.857. The molecule has 0 fully saturated rings. The van der Waals surface area contributed by atoms with E-state index in [0.717, 1.165) is 77.3 Å². The molecule has 0 aliphatic carbocycles. The van der Waals surface area contributed by atoms with Crippen LogP contribution in [0.1, 0.15) is 91.9 Å². The summed E-state index contributed by atoms with van der Waals surface area (Å²) in [4.78, 5) is 11.7. The van der Waals surface area contributed by atoms with Gasteiger partial charge in [-0.1, -0.05) is 46.5 Å². The Bertz CT molecular complexity index is 369. The van der Waals surface area contributed by atoms with E-state index in [1.165, 1.54) is 0 Å². The molecule has 0 heterocycles. The van der Waals surface area contributed by atoms with E-state index < -0.39 is 12.0 Å². The van der Waals surface area contributed by atoms with Crippen LogP contribution in [0, 0.1) is 0 Å². The lowest BCUT2D eigenvalue weighted by molar-refractivity contribution is -0.940. The van der Waals surface area contributed by atoms with Gasteiger partial charge >= 0.3 is 0 Å². The zero-order valence-corrected chi connectivity index (χ0v) is 17.1. The minimum Gasteiger partial charge on any atom is -0.544 e. The first-order valence-electron chi connectivity index (χ1n) is 10.4. The van der Waals surface area contributed by atoms with Gasteiger partial charge in [0, 0.05) is 0 Å². The molecule has 0 saturated carbocycles. The second kappa shape index (κ2) is 14.2. The average molecular weight is 356 g/mol. The van der Waals surface area contributed by atoms with Crippen LogP contribution in [0.4, 0.5) is 0 Å². The molecular weight excluding hydrogens is 314 g/mol. The standard InChI is InChI=1S/C21H41NO3/c1-5-8-11-12-15-20(23)18-22(16-13-9-6-2,17-14-10-7-3)19(4)21(24)25/h15,19H,5-14,16-18H2,1-4H3,(H-,23,24,25)/b20-15-. The Morgan fingerprint density at radius 3 is 1.88 bits per heavy atom. The number of carboxylic acids is 1. The lowest BCUT2D eigenvalue weighted by Gasteiger charge is -2.44. The fourth-order valence-electron chi connectivity index (χ4n) is 3.42. The van der Waals surface area contributed by atoms with Crippen molar-refractivity contribution in [3.8, 4) is 0 Å². The highest BCUT2D eigenvalue weighted by Crippen LogP contribution is 2.21. The minimum atomic E-state index is -1.01. The molecule has 0 bridgehead atoms. The van der Waals surface area contributed by atoms with Gasteiger partial charge in [-0.2, -0.15) is 0 Å². The van der Waals surface area contributed by atoms with Crippen LogP contribution in [0.3, 0.4) is 0 Å². The summed E-state index contributed by atoms with van der Waals surface area (Å²) in [5, 5.41) is 22.1. The van der Waals surface area contributed by atoms with Crippen molar-refractivity contribution in [1.82, 2.24) is 0 Å². The molecule has 0 radical (unpaired) electrons. The van der Waals surface area contributed by atoms with E-state index in [0.29, 0.717) is 16.8 Å². The zero-order valence-electron chi connectivity index (χ0n) is 17.1. The molecule has 0 amide bonds. The molecule has 0 aromatic carbocycles. The van der Waals surface area contributed by atoms with E-state index in [4.69, 9.17) is 0 Å². The Morgan fingerprint density at radius 1 is 0.960 bits per heavy atom. The van der Waals surface area contributed by atoms with Crippen LogP contribution >= 0.6 is 0 Å². The molecule has 0 saturated heterocycles. The number of rotatable bonds is 16. The van der Waals surface area contributed by atoms with Crippen LogP contribution in [-0.4, -0.2) is 41.2 Å². The van der Waals surface area contributed by atoms with Gasteiger partial charge in [-0.05, 0) is 51.5 Å². The number of quaternary nitrogens is 1. The van der Waals surface area contributed by atoms with E-state index in [1.807, 2.05) is 6.08 Å². The van der Waals surface area contributed by atoms with Crippen LogP contribution in [0.25, 0.3) is 0 Å². The van der Waals surface area contributed by atoms with Crippen LogP contribution in [-0.2, 0) is 4.79 Å². The van der Waals surface area contributed by atoms with Crippen molar-refractivity contribution in [2.75, 3.05) is 19.6 Å². The molecular formula is C21H41NO3. The van der Waals surface area contributed by atoms with Crippen LogP contribution in [0.2, 0.25) is 0 Å². The first-order valence-corrected chi connectivity index (χ1v) is 10.4. The van der Waals surface area contributed by atoms with Crippen molar-refractivity contribution >= 4 is 5.97 Å². The normalized spacial score (nSPS) is 13.8. The lowest BCUT2D eigenvalue weighted by Crippen LogP contribution is -2.62. The van der Waals surface area contributed by atoms with Crippen molar-refractivity contribution in [1.29, 1.82) is 0 Å². The number of aliphatic hydroxyl groups excluding tert-OH is 1. The third-order valence-electron chi connectivity index (χ3n) is 5.24. The predicted octanol–water partition coefficient (Wildman–Crippen LogP) is 4.34. The smallest absolute Gasteiger partial charge is 0.143 e. The molecule has 0 aromatic heterocycles. The fourth-order valence-corrected chi connectivity index (χ4v) is 3.42. The minimum absolute atomic E-state index is 0.345. The average Bonchev–Trinajstić information content (AvgIpc) is 2.58. The molecule has 1 unspecified atom stereocenters. The number of nitrogens with zero attached hydrogens (tertiary/aromatic N) is 1. The molecule has 1 N–H and O–H groups in total. The summed E-state index contributed by atoms with van der Waals surface area (Å²) in [6.45, 7) is 10.2. The summed E-state index contributed by atoms with van der Waals surface area (Å²) in [5.74, 6) is -0.663. The van der Waals surface area contributed by atoms with Gasteiger partial charge in [0.25, 0.3) is 0 Å². The van der Waals surface area contributed by atoms with Crippen molar-refractivity contribution in [3.63, 3.8) is 0 Å². The van der Waals surface area contributed by atoms with E-state index >= 15 is 0 Å². The molecule has 0 aliphatic rings. The lowest BCUT2D eigenvalue weighted by atomic mass is 10.1. The van der Waals surface area contributed by atoms with Gasteiger partial charge in [-0.3, -0.25) is 0 Å². The molecule has 1 atom stereocenters. The SMILES string of the molecule is CCCCC/C=C(\O)C[N+](CCCCC)(CCCCC)C(C)C(=O)[O-]. The van der Waals surface area contributed by atoms with Gasteiger partial charge < -0.3 is 19.5 Å². The van der Waals surface area contributed by atoms with Crippen molar-refractivity contribution < 1.29 is 19.5 Å². The van der Waals surface area contributed by atoms with E-state index in [9.17, 15) is 15.0 Å². The zero-order chi connectivity index (χ0) is 19.1. The van der Waals surface area contributed by atoms with Crippen LogP contribution in [0.15, 0.2) is 11.8 Å². The van der Waals surface area contributed by atoms with Gasteiger partial charge in [0.15, 0.2) is 0 Å². The third kappa shape index (κ3) is 9.88. The number of allylic oxidation sites excluding steroid dienone is 1. The maximum atomic E-state index is 11.7. The van der Waals surface area contributed by atoms with Gasteiger partial charge in [-0.15, -0.1) is 0 Å². The summed E-state index contributed by atoms with van der Waals surface area (Å²) >= 11 is 0. The number of aliphatic carboxylic acids is 1. The van der Waals surface area contributed by atoms with E-state index in [-0.39, 0.29) is 0 Å². The maximum Gasteiger partial charge on any atom is 0.143 e. The number of carbonyl (C=O) groups excluding carboxylic acids is 1. The summed E-state index contributed by atoms with van der Waals surface area (Å²) in [6, 6.07) is -0.597. The summed E-state index contributed by atoms with van der Waals surface area (Å²) in [7, 11) is 0. The Labute approximate surface area is 155 Å². The second-order valence-corrected chi connectivity index (χ2v) is 7.42. The number of unbranched alkanes of at least 4 members (excludes halogenated alkanes) is 7. The molecule has 0 rings (SSSR count). The Kier molecular flexibility index (Phi) is 13.6. The second-order valence-electron chi connectivity index (χ2n) is 7.42. The van der Waals surface area contributed by atoms with Crippen molar-refractivity contribution in [2.24, 2.45) is 0 Å². The molecule has 148 valence electrons. The molecule has 25 heavy (non-hydrogen) atoms. The summed E-state index contributed by atoms with van der Waals surface area (Å²) < 4.78 is 0.415. The monoisotopic (exact) mass is 355 g/mol. The highest BCUT2D eigenvalue weighted by molar-refractivity contribution is 5.69. The first kappa shape index (κ1) is 24.0. The highest BCUT2D eigenvalue weighted by Gasteiger charge is 2.35. The Hall–Kier alpha value is -1.03. The van der Waals surface area contributed by atoms with Crippen molar-refractivity contribution in [3.05, 3.63) is 11.8 Å². The molecule has 0 aromatic rings. The van der Waals surface area contributed by atoms with Crippen LogP contribution < -0.4 is 5.11 Å². The topological polar surface area (TPSA) is 60.4 Å². The number of carboxylic acid groups (broad SMARTS) is 1. The van der Waals surface area contributed by atoms with Crippen LogP contribution in [0.5, 0.6) is 0 Å². The summed E-state index contributed by atoms with van der Waals surface area (Å²) in [6.07, 6.45) is 12.5. The predicted molar refractivity (Wildman–Crippen MR) is 103 cm³/mol. The van der Waals surface area contributed by atoms with Crippen molar-refractivity contribution in [2.45, 2.75) is 97.9 Å². The van der Waals surface area contributed by atoms with E-state index in [2.05, 4.69) is 20.8 Å². The number of aliphatic hydroxyl groups is 1. The summed E-state index contributed by atoms with van der Waals surface area (Å²) in [5.41, 5.74) is 0. The largest absolute Gasteiger partial charge is 0.544 e. The molecule has 4 nitrogen and oxygen atoms in total. The number of hydrogen-bond acceptors (Lipinski definition) is 3. The maximum absolute atomic E-state index is 11.7. The molecule has 4 heteroatoms. The Morgan fingerprint density at radius 2 is 1.44 bits per heavy atom. The highest BCUT2D eigenvalue weighted by atomic mass is 16.4. The number of hydrogen-bond donors (Lipinski definition) is 1. The van der Waals surface area contributed by atoms with Gasteiger partial charge in [0.05, 0.1) is 19.1 Å². The van der Waals surface area contributed by atoms with Gasteiger partial charge in [0.2, 0.25) is 0 Å². The quantitative estimate of drug-likeness (QED) is 0.254. The number of carbonyl (C=O) groups is 1.